The van der Waals surface area contributed by atoms with E-state index in [-0.39, 0.29) is 36.3 Å². The first-order valence-corrected chi connectivity index (χ1v) is 10.1. The zero-order chi connectivity index (χ0) is 16.1. The lowest BCUT2D eigenvalue weighted by Crippen LogP contribution is -2.59. The Kier molecular flexibility index (Phi) is 10.0. The van der Waals surface area contributed by atoms with E-state index in [1.165, 1.54) is 11.3 Å². The molecule has 1 aromatic heterocycles. The number of aromatic nitrogens is 1. The van der Waals surface area contributed by atoms with Crippen molar-refractivity contribution in [2.75, 3.05) is 50.9 Å². The molecule has 3 heterocycles. The number of hydrogen-bond acceptors (Lipinski definition) is 7. The molecule has 10 heteroatoms. The minimum absolute atomic E-state index is 0. The summed E-state index contributed by atoms with van der Waals surface area (Å²) in [5.41, 5.74) is 6.12. The summed E-state index contributed by atoms with van der Waals surface area (Å²) in [6, 6.07) is 0. The summed E-state index contributed by atoms with van der Waals surface area (Å²) in [6.07, 6.45) is 1.85. The number of rotatable bonds is 6. The van der Waals surface area contributed by atoms with Crippen molar-refractivity contribution in [2.45, 2.75) is 18.4 Å². The van der Waals surface area contributed by atoms with Crippen LogP contribution in [-0.2, 0) is 11.2 Å². The summed E-state index contributed by atoms with van der Waals surface area (Å²) in [6.45, 7) is 4.72. The van der Waals surface area contributed by atoms with Crippen LogP contribution in [0.1, 0.15) is 21.9 Å². The molecular formula is C15H26Cl2N4O2S2. The molecule has 0 aromatic carbocycles. The highest BCUT2D eigenvalue weighted by Crippen LogP contribution is 2.33. The Labute approximate surface area is 169 Å². The number of nitrogens with zero attached hydrogens (tertiary/aromatic N) is 2. The minimum atomic E-state index is -0.0749. The van der Waals surface area contributed by atoms with Crippen LogP contribution in [0.3, 0.4) is 0 Å². The van der Waals surface area contributed by atoms with Gasteiger partial charge in [-0.3, -0.25) is 9.69 Å². The zero-order valence-electron chi connectivity index (χ0n) is 14.1. The first kappa shape index (κ1) is 23.0. The predicted octanol–water partition coefficient (Wildman–Crippen LogP) is 1.43. The highest BCUT2D eigenvalue weighted by atomic mass is 35.5. The van der Waals surface area contributed by atoms with Crippen molar-refractivity contribution in [2.24, 2.45) is 5.73 Å². The van der Waals surface area contributed by atoms with Crippen LogP contribution in [0.5, 0.6) is 0 Å². The number of carbonyl (C=O) groups excluding carboxylic acids is 1. The van der Waals surface area contributed by atoms with E-state index in [1.54, 1.807) is 0 Å². The lowest BCUT2D eigenvalue weighted by Gasteiger charge is -2.43. The molecule has 3 N–H and O–H groups in total. The van der Waals surface area contributed by atoms with Gasteiger partial charge >= 0.3 is 0 Å². The number of thioether (sulfide) groups is 1. The van der Waals surface area contributed by atoms with Crippen LogP contribution in [-0.4, -0.2) is 72.2 Å². The normalized spacial score (nSPS) is 23.6. The van der Waals surface area contributed by atoms with Gasteiger partial charge in [0.1, 0.15) is 5.69 Å². The predicted molar refractivity (Wildman–Crippen MR) is 109 cm³/mol. The molecule has 2 aliphatic heterocycles. The van der Waals surface area contributed by atoms with Crippen molar-refractivity contribution < 1.29 is 9.53 Å². The molecule has 0 bridgehead atoms. The summed E-state index contributed by atoms with van der Waals surface area (Å²) in [4.78, 5) is 19.3. The number of amides is 1. The van der Waals surface area contributed by atoms with E-state index >= 15 is 0 Å². The van der Waals surface area contributed by atoms with Gasteiger partial charge in [0.25, 0.3) is 5.91 Å². The van der Waals surface area contributed by atoms with Gasteiger partial charge in [-0.2, -0.15) is 11.8 Å². The summed E-state index contributed by atoms with van der Waals surface area (Å²) in [7, 11) is 0. The molecule has 1 aromatic rings. The van der Waals surface area contributed by atoms with E-state index in [2.05, 4.69) is 15.2 Å². The first-order valence-electron chi connectivity index (χ1n) is 8.07. The van der Waals surface area contributed by atoms with E-state index in [4.69, 9.17) is 10.5 Å². The van der Waals surface area contributed by atoms with E-state index < -0.39 is 0 Å². The van der Waals surface area contributed by atoms with Crippen LogP contribution < -0.4 is 11.1 Å². The molecular weight excluding hydrogens is 403 g/mol. The van der Waals surface area contributed by atoms with Crippen molar-refractivity contribution >= 4 is 53.8 Å². The number of nitrogens with one attached hydrogen (secondary N) is 1. The summed E-state index contributed by atoms with van der Waals surface area (Å²) < 4.78 is 5.47. The molecule has 2 saturated heterocycles. The average Bonchev–Trinajstić information content (AvgIpc) is 3.24. The molecule has 2 aliphatic rings. The third-order valence-electron chi connectivity index (χ3n) is 4.48. The molecule has 1 atom stereocenters. The smallest absolute Gasteiger partial charge is 0.270 e. The quantitative estimate of drug-likeness (QED) is 0.712. The van der Waals surface area contributed by atoms with E-state index in [9.17, 15) is 4.79 Å². The van der Waals surface area contributed by atoms with Crippen molar-refractivity contribution in [3.05, 3.63) is 16.1 Å². The Morgan fingerprint density at radius 3 is 2.80 bits per heavy atom. The fourth-order valence-electron chi connectivity index (χ4n) is 3.12. The minimum Gasteiger partial charge on any atom is -0.379 e. The molecule has 0 saturated carbocycles. The number of morpholine rings is 1. The fourth-order valence-corrected chi connectivity index (χ4v) is 5.40. The van der Waals surface area contributed by atoms with Crippen LogP contribution in [0.25, 0.3) is 0 Å². The Bertz CT molecular complexity index is 535. The third kappa shape index (κ3) is 5.69. The van der Waals surface area contributed by atoms with Gasteiger partial charge in [-0.15, -0.1) is 36.2 Å². The largest absolute Gasteiger partial charge is 0.379 e. The highest BCUT2D eigenvalue weighted by Gasteiger charge is 2.40. The Balaban J connectivity index is 0.00000156. The lowest BCUT2D eigenvalue weighted by atomic mass is 9.95. The van der Waals surface area contributed by atoms with Gasteiger partial charge in [-0.25, -0.2) is 4.98 Å². The second kappa shape index (κ2) is 10.9. The number of thiazole rings is 1. The maximum absolute atomic E-state index is 12.4. The molecule has 0 aliphatic carbocycles. The molecule has 0 radical (unpaired) electrons. The maximum atomic E-state index is 12.4. The molecule has 3 rings (SSSR count). The molecule has 25 heavy (non-hydrogen) atoms. The average molecular weight is 429 g/mol. The van der Waals surface area contributed by atoms with Crippen LogP contribution >= 0.6 is 47.9 Å². The van der Waals surface area contributed by atoms with Crippen LogP contribution in [0.15, 0.2) is 5.38 Å². The second-order valence-corrected chi connectivity index (χ2v) is 8.02. The summed E-state index contributed by atoms with van der Waals surface area (Å²) in [5.74, 6) is 2.15. The van der Waals surface area contributed by atoms with Gasteiger partial charge in [-0.05, 0) is 18.7 Å². The van der Waals surface area contributed by atoms with Gasteiger partial charge in [0.2, 0.25) is 0 Å². The fraction of sp³-hybridized carbons (Fsp3) is 0.733. The van der Waals surface area contributed by atoms with Crippen LogP contribution in [0, 0.1) is 0 Å². The standard InChI is InChI=1S/C15H24N4O2S2.2ClH/c16-3-1-13-18-12(9-23-13)14(20)17-10-15(2-8-22-11-15)19-4-6-21-7-5-19;;/h9H,1-8,10-11,16H2,(H,17,20);2*1H. The molecule has 1 amide bonds. The number of hydrogen-bond donors (Lipinski definition) is 2. The lowest BCUT2D eigenvalue weighted by molar-refractivity contribution is -0.0129. The van der Waals surface area contributed by atoms with Crippen molar-refractivity contribution in [3.8, 4) is 0 Å². The Morgan fingerprint density at radius 2 is 2.16 bits per heavy atom. The molecule has 144 valence electrons. The maximum Gasteiger partial charge on any atom is 0.270 e. The van der Waals surface area contributed by atoms with Crippen LogP contribution in [0.2, 0.25) is 0 Å². The molecule has 0 spiro atoms. The molecule has 6 nitrogen and oxygen atoms in total. The SMILES string of the molecule is Cl.Cl.NCCc1nc(C(=O)NCC2(N3CCOCC3)CCSC2)cs1. The van der Waals surface area contributed by atoms with Crippen LogP contribution in [0.4, 0.5) is 0 Å². The highest BCUT2D eigenvalue weighted by molar-refractivity contribution is 7.99. The summed E-state index contributed by atoms with van der Waals surface area (Å²) in [5, 5.41) is 5.86. The number of ether oxygens (including phenoxy) is 1. The third-order valence-corrected chi connectivity index (χ3v) is 6.63. The number of halogens is 2. The van der Waals surface area contributed by atoms with E-state index in [0.29, 0.717) is 18.8 Å². The first-order chi connectivity index (χ1) is 11.2. The van der Waals surface area contributed by atoms with Gasteiger partial charge in [-0.1, -0.05) is 0 Å². The van der Waals surface area contributed by atoms with Crippen molar-refractivity contribution in [3.63, 3.8) is 0 Å². The van der Waals surface area contributed by atoms with Gasteiger partial charge < -0.3 is 15.8 Å². The van der Waals surface area contributed by atoms with Gasteiger partial charge in [0.05, 0.1) is 18.2 Å². The number of carbonyl (C=O) groups is 1. The number of nitrogens with two attached hydrogens (primary N) is 1. The Morgan fingerprint density at radius 1 is 1.40 bits per heavy atom. The molecule has 2 fully saturated rings. The van der Waals surface area contributed by atoms with Crippen molar-refractivity contribution in [1.29, 1.82) is 0 Å². The second-order valence-electron chi connectivity index (χ2n) is 5.97. The van der Waals surface area contributed by atoms with E-state index in [0.717, 1.165) is 55.7 Å². The van der Waals surface area contributed by atoms with Gasteiger partial charge in [0, 0.05) is 42.7 Å². The monoisotopic (exact) mass is 428 g/mol. The molecule has 1 unspecified atom stereocenters. The Hall–Kier alpha value is -0.0900. The summed E-state index contributed by atoms with van der Waals surface area (Å²) >= 11 is 3.48. The van der Waals surface area contributed by atoms with E-state index in [1.807, 2.05) is 17.1 Å². The topological polar surface area (TPSA) is 80.5 Å². The van der Waals surface area contributed by atoms with Gasteiger partial charge in [0.15, 0.2) is 0 Å². The zero-order valence-corrected chi connectivity index (χ0v) is 17.3. The van der Waals surface area contributed by atoms with Crippen molar-refractivity contribution in [1.82, 2.24) is 15.2 Å².